The molecule has 3 nitrogen and oxygen atoms in total. The van der Waals surface area contributed by atoms with E-state index in [9.17, 15) is 4.79 Å². The third kappa shape index (κ3) is 2.70. The van der Waals surface area contributed by atoms with Gasteiger partial charge in [-0.25, -0.2) is 0 Å². The van der Waals surface area contributed by atoms with Gasteiger partial charge in [-0.3, -0.25) is 4.79 Å². The summed E-state index contributed by atoms with van der Waals surface area (Å²) in [5, 5.41) is 2.94. The lowest BCUT2D eigenvalue weighted by atomic mass is 10.0. The maximum absolute atomic E-state index is 12.2. The Bertz CT molecular complexity index is 448. The summed E-state index contributed by atoms with van der Waals surface area (Å²) in [5.41, 5.74) is 8.15. The highest BCUT2D eigenvalue weighted by atomic mass is 32.1. The molecule has 0 spiro atoms. The number of nitrogens with one attached hydrogen (secondary N) is 1. The summed E-state index contributed by atoms with van der Waals surface area (Å²) in [5.74, 6) is 0.0802. The average molecular weight is 262 g/mol. The topological polar surface area (TPSA) is 55.1 Å². The van der Waals surface area contributed by atoms with Crippen molar-refractivity contribution in [3.63, 3.8) is 0 Å². The fraction of sp³-hybridized carbons (Fsp3) is 0.429. The maximum atomic E-state index is 12.2. The number of carbonyl (C=O) groups excluding carboxylic acids is 1. The van der Waals surface area contributed by atoms with Gasteiger partial charge in [-0.1, -0.05) is 43.4 Å². The Labute approximate surface area is 113 Å². The first kappa shape index (κ1) is 13.0. The van der Waals surface area contributed by atoms with Gasteiger partial charge < -0.3 is 11.1 Å². The van der Waals surface area contributed by atoms with Gasteiger partial charge in [0.1, 0.15) is 0 Å². The predicted octanol–water partition coefficient (Wildman–Crippen LogP) is 1.58. The van der Waals surface area contributed by atoms with E-state index in [2.05, 4.69) is 17.4 Å². The van der Waals surface area contributed by atoms with E-state index in [1.807, 2.05) is 19.1 Å². The predicted molar refractivity (Wildman–Crippen MR) is 76.3 cm³/mol. The van der Waals surface area contributed by atoms with Crippen LogP contribution in [0, 0.1) is 5.92 Å². The number of hydrogen-bond donors (Lipinski definition) is 2. The lowest BCUT2D eigenvalue weighted by Gasteiger charge is -2.18. The fourth-order valence-corrected chi connectivity index (χ4v) is 2.63. The van der Waals surface area contributed by atoms with Crippen molar-refractivity contribution in [1.82, 2.24) is 5.32 Å². The molecule has 3 N–H and O–H groups in total. The van der Waals surface area contributed by atoms with Crippen LogP contribution in [0.1, 0.15) is 24.5 Å². The third-order valence-electron chi connectivity index (χ3n) is 3.49. The maximum Gasteiger partial charge on any atom is 0.224 e. The Morgan fingerprint density at radius 1 is 1.44 bits per heavy atom. The monoisotopic (exact) mass is 262 g/mol. The van der Waals surface area contributed by atoms with Crippen LogP contribution in [0.2, 0.25) is 0 Å². The molecule has 1 aliphatic rings. The number of amides is 1. The molecule has 0 bridgehead atoms. The summed E-state index contributed by atoms with van der Waals surface area (Å²) in [4.78, 5) is 12.5. The molecule has 1 unspecified atom stereocenters. The van der Waals surface area contributed by atoms with Crippen molar-refractivity contribution in [2.75, 3.05) is 0 Å². The van der Waals surface area contributed by atoms with E-state index in [0.29, 0.717) is 4.99 Å². The molecular formula is C14H18N2OS. The number of benzene rings is 1. The molecule has 18 heavy (non-hydrogen) atoms. The van der Waals surface area contributed by atoms with E-state index in [1.165, 1.54) is 11.1 Å². The van der Waals surface area contributed by atoms with Gasteiger partial charge in [0, 0.05) is 5.92 Å². The molecular weight excluding hydrogens is 244 g/mol. The van der Waals surface area contributed by atoms with Crippen LogP contribution in [0.5, 0.6) is 0 Å². The standard InChI is InChI=1S/C14H18N2OS/c1-2-12(13(15)18)16-14(17)11-7-9-5-3-4-6-10(9)8-11/h3-6,11-12H,2,7-8H2,1H3,(H2,15,18)(H,16,17). The summed E-state index contributed by atoms with van der Waals surface area (Å²) in [7, 11) is 0. The molecule has 96 valence electrons. The van der Waals surface area contributed by atoms with Crippen LogP contribution < -0.4 is 11.1 Å². The van der Waals surface area contributed by atoms with Crippen LogP contribution in [0.3, 0.4) is 0 Å². The molecule has 0 saturated carbocycles. The molecule has 0 heterocycles. The van der Waals surface area contributed by atoms with E-state index in [-0.39, 0.29) is 17.9 Å². The lowest BCUT2D eigenvalue weighted by molar-refractivity contribution is -0.125. The van der Waals surface area contributed by atoms with Crippen molar-refractivity contribution in [1.29, 1.82) is 0 Å². The molecule has 0 aromatic heterocycles. The number of hydrogen-bond acceptors (Lipinski definition) is 2. The van der Waals surface area contributed by atoms with Gasteiger partial charge >= 0.3 is 0 Å². The summed E-state index contributed by atoms with van der Waals surface area (Å²) in [6.07, 6.45) is 2.37. The number of rotatable bonds is 4. The van der Waals surface area contributed by atoms with Gasteiger partial charge in [0.25, 0.3) is 0 Å². The molecule has 0 saturated heterocycles. The van der Waals surface area contributed by atoms with Gasteiger partial charge in [-0.2, -0.15) is 0 Å². The van der Waals surface area contributed by atoms with Crippen molar-refractivity contribution in [3.8, 4) is 0 Å². The number of nitrogens with two attached hydrogens (primary N) is 1. The highest BCUT2D eigenvalue weighted by molar-refractivity contribution is 7.80. The second-order valence-corrected chi connectivity index (χ2v) is 5.22. The average Bonchev–Trinajstić information content (AvgIpc) is 2.79. The first-order valence-electron chi connectivity index (χ1n) is 6.28. The van der Waals surface area contributed by atoms with E-state index in [1.54, 1.807) is 0 Å². The van der Waals surface area contributed by atoms with Gasteiger partial charge in [-0.15, -0.1) is 0 Å². The quantitative estimate of drug-likeness (QED) is 0.810. The third-order valence-corrected chi connectivity index (χ3v) is 3.77. The summed E-state index contributed by atoms with van der Waals surface area (Å²) in [6.45, 7) is 1.97. The van der Waals surface area contributed by atoms with Crippen molar-refractivity contribution < 1.29 is 4.79 Å². The highest BCUT2D eigenvalue weighted by Gasteiger charge is 2.28. The molecule has 1 aliphatic carbocycles. The number of thiocarbonyl (C=S) groups is 1. The van der Waals surface area contributed by atoms with Gasteiger partial charge in [-0.05, 0) is 30.4 Å². The summed E-state index contributed by atoms with van der Waals surface area (Å²) >= 11 is 4.94. The van der Waals surface area contributed by atoms with E-state index in [0.717, 1.165) is 19.3 Å². The zero-order chi connectivity index (χ0) is 13.1. The van der Waals surface area contributed by atoms with Crippen LogP contribution in [-0.2, 0) is 17.6 Å². The Hall–Kier alpha value is -1.42. The smallest absolute Gasteiger partial charge is 0.224 e. The molecule has 0 radical (unpaired) electrons. The van der Waals surface area contributed by atoms with Crippen molar-refractivity contribution in [2.45, 2.75) is 32.2 Å². The SMILES string of the molecule is CCC(NC(=O)C1Cc2ccccc2C1)C(N)=S. The minimum absolute atomic E-state index is 0.0193. The van der Waals surface area contributed by atoms with Crippen LogP contribution in [0.15, 0.2) is 24.3 Å². The molecule has 0 fully saturated rings. The van der Waals surface area contributed by atoms with Crippen LogP contribution in [-0.4, -0.2) is 16.9 Å². The van der Waals surface area contributed by atoms with Gasteiger partial charge in [0.2, 0.25) is 5.91 Å². The first-order valence-corrected chi connectivity index (χ1v) is 6.69. The second kappa shape index (κ2) is 5.48. The number of fused-ring (bicyclic) bond motifs is 1. The molecule has 0 aliphatic heterocycles. The lowest BCUT2D eigenvalue weighted by Crippen LogP contribution is -2.45. The largest absolute Gasteiger partial charge is 0.392 e. The zero-order valence-corrected chi connectivity index (χ0v) is 11.3. The molecule has 2 rings (SSSR count). The number of carbonyl (C=O) groups is 1. The summed E-state index contributed by atoms with van der Waals surface area (Å²) in [6, 6.07) is 8.03. The van der Waals surface area contributed by atoms with Gasteiger partial charge in [0.15, 0.2) is 0 Å². The fourth-order valence-electron chi connectivity index (χ4n) is 2.41. The van der Waals surface area contributed by atoms with Crippen molar-refractivity contribution >= 4 is 23.1 Å². The Morgan fingerprint density at radius 2 is 2.00 bits per heavy atom. The Morgan fingerprint density at radius 3 is 2.44 bits per heavy atom. The van der Waals surface area contributed by atoms with Crippen molar-refractivity contribution in [3.05, 3.63) is 35.4 Å². The normalized spacial score (nSPS) is 16.1. The molecule has 1 aromatic rings. The van der Waals surface area contributed by atoms with E-state index < -0.39 is 0 Å². The van der Waals surface area contributed by atoms with Crippen molar-refractivity contribution in [2.24, 2.45) is 11.7 Å². The van der Waals surface area contributed by atoms with E-state index in [4.69, 9.17) is 18.0 Å². The van der Waals surface area contributed by atoms with Crippen LogP contribution in [0.25, 0.3) is 0 Å². The summed E-state index contributed by atoms with van der Waals surface area (Å²) < 4.78 is 0. The Balaban J connectivity index is 1.99. The highest BCUT2D eigenvalue weighted by Crippen LogP contribution is 2.26. The molecule has 1 aromatic carbocycles. The minimum atomic E-state index is -0.184. The Kier molecular flexibility index (Phi) is 3.97. The first-order chi connectivity index (χ1) is 8.61. The molecule has 4 heteroatoms. The molecule has 1 amide bonds. The van der Waals surface area contributed by atoms with Gasteiger partial charge in [0.05, 0.1) is 11.0 Å². The zero-order valence-electron chi connectivity index (χ0n) is 10.5. The van der Waals surface area contributed by atoms with E-state index >= 15 is 0 Å². The minimum Gasteiger partial charge on any atom is -0.392 e. The second-order valence-electron chi connectivity index (χ2n) is 4.75. The van der Waals surface area contributed by atoms with Crippen LogP contribution in [0.4, 0.5) is 0 Å². The molecule has 1 atom stereocenters. The van der Waals surface area contributed by atoms with Crippen LogP contribution >= 0.6 is 12.2 Å².